The van der Waals surface area contributed by atoms with Crippen molar-refractivity contribution in [2.45, 2.75) is 24.8 Å². The topological polar surface area (TPSA) is 76.9 Å². The highest BCUT2D eigenvalue weighted by Crippen LogP contribution is 2.36. The van der Waals surface area contributed by atoms with Crippen molar-refractivity contribution >= 4 is 10.0 Å². The summed E-state index contributed by atoms with van der Waals surface area (Å²) in [7, 11) is -2.01. The normalized spacial score (nSPS) is 16.9. The molecule has 0 saturated carbocycles. The Kier molecular flexibility index (Phi) is 3.33. The third-order valence-electron chi connectivity index (χ3n) is 3.90. The second kappa shape index (κ2) is 4.92. The van der Waals surface area contributed by atoms with Gasteiger partial charge in [0.15, 0.2) is 0 Å². The Bertz CT molecular complexity index is 742. The van der Waals surface area contributed by atoms with Crippen LogP contribution in [0.5, 0.6) is 0 Å². The number of hydrogen-bond acceptors (Lipinski definition) is 4. The first-order valence-electron chi connectivity index (χ1n) is 6.81. The van der Waals surface area contributed by atoms with Gasteiger partial charge in [0.2, 0.25) is 5.03 Å². The minimum atomic E-state index is -3.60. The third-order valence-corrected chi connectivity index (χ3v) is 5.16. The molecule has 0 unspecified atom stereocenters. The summed E-state index contributed by atoms with van der Waals surface area (Å²) in [4.78, 5) is 1.24. The molecule has 1 heterocycles. The average Bonchev–Trinajstić information content (AvgIpc) is 3.00. The minimum Gasteiger partial charge on any atom is -0.209 e. The van der Waals surface area contributed by atoms with Gasteiger partial charge in [-0.25, -0.2) is 13.1 Å². The zero-order valence-corrected chi connectivity index (χ0v) is 12.9. The summed E-state index contributed by atoms with van der Waals surface area (Å²) in [6, 6.07) is 8.26. The average molecular weight is 306 g/mol. The molecule has 0 aliphatic heterocycles. The lowest BCUT2D eigenvalue weighted by atomic mass is 9.88. The highest BCUT2D eigenvalue weighted by molar-refractivity contribution is 7.89. The Morgan fingerprint density at radius 1 is 1.29 bits per heavy atom. The van der Waals surface area contributed by atoms with Crippen molar-refractivity contribution in [1.29, 1.82) is 0 Å². The van der Waals surface area contributed by atoms with Gasteiger partial charge in [-0.3, -0.25) is 0 Å². The van der Waals surface area contributed by atoms with E-state index in [1.807, 2.05) is 12.1 Å². The molecular weight excluding hydrogens is 288 g/mol. The van der Waals surface area contributed by atoms with Crippen LogP contribution in [0.1, 0.15) is 18.1 Å². The Morgan fingerprint density at radius 2 is 1.90 bits per heavy atom. The zero-order valence-electron chi connectivity index (χ0n) is 12.1. The molecule has 0 bridgehead atoms. The summed E-state index contributed by atoms with van der Waals surface area (Å²) in [6.45, 7) is 2.49. The van der Waals surface area contributed by atoms with Gasteiger partial charge in [-0.05, 0) is 29.4 Å². The van der Waals surface area contributed by atoms with Gasteiger partial charge in [0, 0.05) is 13.6 Å². The van der Waals surface area contributed by atoms with Crippen molar-refractivity contribution in [3.63, 3.8) is 0 Å². The SMILES string of the molecule is Cn1ncc(S(=O)(=O)NCC2(C)Cc3ccccc3C2)n1. The lowest BCUT2D eigenvalue weighted by Gasteiger charge is -2.23. The number of nitrogens with one attached hydrogen (secondary N) is 1. The number of benzene rings is 1. The van der Waals surface area contributed by atoms with E-state index in [1.54, 1.807) is 7.05 Å². The van der Waals surface area contributed by atoms with Gasteiger partial charge in [-0.2, -0.15) is 9.90 Å². The third kappa shape index (κ3) is 2.84. The predicted octanol–water partition coefficient (Wildman–Crippen LogP) is 0.898. The standard InChI is InChI=1S/C14H18N4O2S/c1-14(7-11-5-3-4-6-12(11)8-14)10-16-21(19,20)13-9-15-18(2)17-13/h3-6,9,16H,7-8,10H2,1-2H3. The molecule has 21 heavy (non-hydrogen) atoms. The van der Waals surface area contributed by atoms with Crippen LogP contribution in [0.25, 0.3) is 0 Å². The summed E-state index contributed by atoms with van der Waals surface area (Å²) >= 11 is 0. The van der Waals surface area contributed by atoms with Crippen LogP contribution < -0.4 is 4.72 Å². The molecule has 3 rings (SSSR count). The number of aryl methyl sites for hydroxylation is 1. The van der Waals surface area contributed by atoms with Gasteiger partial charge in [0.25, 0.3) is 10.0 Å². The molecule has 1 aliphatic carbocycles. The van der Waals surface area contributed by atoms with E-state index in [1.165, 1.54) is 22.1 Å². The summed E-state index contributed by atoms with van der Waals surface area (Å²) in [5.41, 5.74) is 2.51. The molecular formula is C14H18N4O2S. The summed E-state index contributed by atoms with van der Waals surface area (Å²) in [6.07, 6.45) is 3.02. The quantitative estimate of drug-likeness (QED) is 0.910. The zero-order chi connectivity index (χ0) is 15.1. The van der Waals surface area contributed by atoms with Crippen LogP contribution in [0.4, 0.5) is 0 Å². The van der Waals surface area contributed by atoms with Crippen molar-refractivity contribution in [1.82, 2.24) is 19.7 Å². The molecule has 2 aromatic rings. The van der Waals surface area contributed by atoms with Crippen LogP contribution in [0.2, 0.25) is 0 Å². The number of rotatable bonds is 4. The Labute approximate surface area is 124 Å². The van der Waals surface area contributed by atoms with Crippen LogP contribution in [0, 0.1) is 5.41 Å². The van der Waals surface area contributed by atoms with E-state index in [2.05, 4.69) is 34.0 Å². The Morgan fingerprint density at radius 3 is 2.43 bits per heavy atom. The van der Waals surface area contributed by atoms with Crippen molar-refractivity contribution < 1.29 is 8.42 Å². The maximum absolute atomic E-state index is 12.2. The maximum atomic E-state index is 12.2. The first kappa shape index (κ1) is 14.2. The van der Waals surface area contributed by atoms with Gasteiger partial charge >= 0.3 is 0 Å². The number of nitrogens with zero attached hydrogens (tertiary/aromatic N) is 3. The first-order valence-corrected chi connectivity index (χ1v) is 8.29. The van der Waals surface area contributed by atoms with E-state index in [4.69, 9.17) is 0 Å². The van der Waals surface area contributed by atoms with Gasteiger partial charge < -0.3 is 0 Å². The molecule has 0 fully saturated rings. The molecule has 0 radical (unpaired) electrons. The number of fused-ring (bicyclic) bond motifs is 1. The molecule has 0 spiro atoms. The number of sulfonamides is 1. The van der Waals surface area contributed by atoms with Crippen molar-refractivity contribution in [2.75, 3.05) is 6.54 Å². The molecule has 1 aromatic heterocycles. The molecule has 112 valence electrons. The number of aromatic nitrogens is 3. The lowest BCUT2D eigenvalue weighted by Crippen LogP contribution is -2.36. The van der Waals surface area contributed by atoms with Crippen LogP contribution >= 0.6 is 0 Å². The molecule has 1 aliphatic rings. The van der Waals surface area contributed by atoms with Gasteiger partial charge in [0.1, 0.15) is 0 Å². The van der Waals surface area contributed by atoms with Crippen LogP contribution in [-0.2, 0) is 29.9 Å². The van der Waals surface area contributed by atoms with E-state index in [0.29, 0.717) is 6.54 Å². The van der Waals surface area contributed by atoms with Crippen LogP contribution in [-0.4, -0.2) is 30.0 Å². The molecule has 1 aromatic carbocycles. The molecule has 0 saturated heterocycles. The maximum Gasteiger partial charge on any atom is 0.261 e. The fraction of sp³-hybridized carbons (Fsp3) is 0.429. The van der Waals surface area contributed by atoms with Crippen molar-refractivity contribution in [3.05, 3.63) is 41.6 Å². The lowest BCUT2D eigenvalue weighted by molar-refractivity contribution is 0.344. The van der Waals surface area contributed by atoms with E-state index < -0.39 is 10.0 Å². The Balaban J connectivity index is 1.71. The second-order valence-corrected chi connectivity index (χ2v) is 7.64. The fourth-order valence-corrected chi connectivity index (χ4v) is 3.90. The minimum absolute atomic E-state index is 0.0379. The smallest absolute Gasteiger partial charge is 0.209 e. The first-order chi connectivity index (χ1) is 9.88. The van der Waals surface area contributed by atoms with Crippen LogP contribution in [0.15, 0.2) is 35.5 Å². The van der Waals surface area contributed by atoms with Gasteiger partial charge in [-0.15, -0.1) is 5.10 Å². The van der Waals surface area contributed by atoms with Gasteiger partial charge in [-0.1, -0.05) is 31.2 Å². The van der Waals surface area contributed by atoms with E-state index in [-0.39, 0.29) is 10.4 Å². The molecule has 0 amide bonds. The van der Waals surface area contributed by atoms with E-state index in [9.17, 15) is 8.42 Å². The van der Waals surface area contributed by atoms with Crippen LogP contribution in [0.3, 0.4) is 0 Å². The molecule has 1 N–H and O–H groups in total. The highest BCUT2D eigenvalue weighted by Gasteiger charge is 2.34. The Hall–Kier alpha value is -1.73. The summed E-state index contributed by atoms with van der Waals surface area (Å²) in [5.74, 6) is 0. The second-order valence-electron chi connectivity index (χ2n) is 5.93. The largest absolute Gasteiger partial charge is 0.261 e. The van der Waals surface area contributed by atoms with E-state index >= 15 is 0 Å². The van der Waals surface area contributed by atoms with Crippen molar-refractivity contribution in [2.24, 2.45) is 12.5 Å². The number of hydrogen-bond donors (Lipinski definition) is 1. The van der Waals surface area contributed by atoms with E-state index in [0.717, 1.165) is 12.8 Å². The van der Waals surface area contributed by atoms with Crippen molar-refractivity contribution in [3.8, 4) is 0 Å². The molecule has 0 atom stereocenters. The van der Waals surface area contributed by atoms with Gasteiger partial charge in [0.05, 0.1) is 6.20 Å². The molecule has 6 nitrogen and oxygen atoms in total. The summed E-state index contributed by atoms with van der Waals surface area (Å²) in [5, 5.41) is 7.61. The summed E-state index contributed by atoms with van der Waals surface area (Å²) < 4.78 is 27.0. The monoisotopic (exact) mass is 306 g/mol. The predicted molar refractivity (Wildman–Crippen MR) is 78.1 cm³/mol. The highest BCUT2D eigenvalue weighted by atomic mass is 32.2. The molecule has 7 heteroatoms. The fourth-order valence-electron chi connectivity index (χ4n) is 2.80.